The van der Waals surface area contributed by atoms with Crippen LogP contribution in [0.3, 0.4) is 0 Å². The van der Waals surface area contributed by atoms with Gasteiger partial charge in [-0.15, -0.1) is 0 Å². The minimum atomic E-state index is 0.548. The lowest BCUT2D eigenvalue weighted by molar-refractivity contribution is 0.167. The van der Waals surface area contributed by atoms with Crippen LogP contribution in [-0.2, 0) is 13.0 Å². The van der Waals surface area contributed by atoms with Crippen molar-refractivity contribution >= 4 is 11.6 Å². The van der Waals surface area contributed by atoms with Crippen molar-refractivity contribution in [2.45, 2.75) is 51.7 Å². The summed E-state index contributed by atoms with van der Waals surface area (Å²) in [5.74, 6) is 0.910. The number of benzene rings is 2. The quantitative estimate of drug-likeness (QED) is 0.627. The highest BCUT2D eigenvalue weighted by Crippen LogP contribution is 2.19. The van der Waals surface area contributed by atoms with E-state index in [0.29, 0.717) is 12.6 Å². The molecule has 2 nitrogen and oxygen atoms in total. The van der Waals surface area contributed by atoms with Crippen molar-refractivity contribution in [1.29, 1.82) is 0 Å². The minimum Gasteiger partial charge on any atom is -0.489 e. The summed E-state index contributed by atoms with van der Waals surface area (Å²) in [6.07, 6.45) is 6.49. The van der Waals surface area contributed by atoms with E-state index in [1.807, 2.05) is 24.3 Å². The highest BCUT2D eigenvalue weighted by molar-refractivity contribution is 6.30. The molecule has 1 atom stereocenters. The largest absolute Gasteiger partial charge is 0.489 e. The lowest BCUT2D eigenvalue weighted by atomic mass is 10.0. The molecule has 1 aliphatic heterocycles. The van der Waals surface area contributed by atoms with Crippen LogP contribution in [0.5, 0.6) is 5.75 Å². The van der Waals surface area contributed by atoms with Gasteiger partial charge < -0.3 is 9.64 Å². The van der Waals surface area contributed by atoms with Crippen LogP contribution in [0.25, 0.3) is 0 Å². The molecule has 1 aliphatic rings. The fourth-order valence-electron chi connectivity index (χ4n) is 3.46. The zero-order valence-electron chi connectivity index (χ0n) is 15.1. The van der Waals surface area contributed by atoms with E-state index >= 15 is 0 Å². The Balaban J connectivity index is 1.45. The highest BCUT2D eigenvalue weighted by atomic mass is 35.5. The number of piperidine rings is 1. The van der Waals surface area contributed by atoms with Crippen LogP contribution in [0.15, 0.2) is 48.5 Å². The lowest BCUT2D eigenvalue weighted by Crippen LogP contribution is -2.37. The molecular weight excluding hydrogens is 330 g/mol. The second-order valence-electron chi connectivity index (χ2n) is 7.05. The van der Waals surface area contributed by atoms with Crippen LogP contribution in [0.1, 0.15) is 43.7 Å². The Bertz CT molecular complexity index is 649. The van der Waals surface area contributed by atoms with Crippen LogP contribution >= 0.6 is 11.6 Å². The number of nitrogens with zero attached hydrogens (tertiary/aromatic N) is 1. The molecule has 2 aromatic rings. The molecule has 0 aliphatic carbocycles. The maximum atomic E-state index is 6.00. The number of hydrogen-bond acceptors (Lipinski definition) is 2. The number of likely N-dealkylation sites (tertiary alicyclic amines) is 1. The second-order valence-corrected chi connectivity index (χ2v) is 7.48. The van der Waals surface area contributed by atoms with E-state index in [4.69, 9.17) is 16.3 Å². The third-order valence-electron chi connectivity index (χ3n) is 5.08. The maximum Gasteiger partial charge on any atom is 0.119 e. The van der Waals surface area contributed by atoms with Crippen molar-refractivity contribution in [1.82, 2.24) is 4.90 Å². The third-order valence-corrected chi connectivity index (χ3v) is 5.32. The molecular formula is C22H28ClNO. The molecule has 2 aromatic carbocycles. The summed E-state index contributed by atoms with van der Waals surface area (Å²) in [7, 11) is 0. The van der Waals surface area contributed by atoms with Crippen LogP contribution < -0.4 is 4.74 Å². The topological polar surface area (TPSA) is 12.5 Å². The molecule has 0 bridgehead atoms. The van der Waals surface area contributed by atoms with Crippen molar-refractivity contribution in [2.75, 3.05) is 13.1 Å². The van der Waals surface area contributed by atoms with Gasteiger partial charge in [-0.1, -0.05) is 42.3 Å². The summed E-state index contributed by atoms with van der Waals surface area (Å²) in [6.45, 7) is 5.47. The lowest BCUT2D eigenvalue weighted by Gasteiger charge is -2.32. The summed E-state index contributed by atoms with van der Waals surface area (Å²) < 4.78 is 5.86. The smallest absolute Gasteiger partial charge is 0.119 e. The molecule has 0 amide bonds. The number of ether oxygens (including phenoxy) is 1. The summed E-state index contributed by atoms with van der Waals surface area (Å²) in [5, 5.41) is 0.749. The van der Waals surface area contributed by atoms with Crippen LogP contribution in [0.4, 0.5) is 0 Å². The van der Waals surface area contributed by atoms with Gasteiger partial charge in [0.15, 0.2) is 0 Å². The highest BCUT2D eigenvalue weighted by Gasteiger charge is 2.16. The van der Waals surface area contributed by atoms with Gasteiger partial charge in [-0.2, -0.15) is 0 Å². The first kappa shape index (κ1) is 18.3. The number of hydrogen-bond donors (Lipinski definition) is 0. The van der Waals surface area contributed by atoms with E-state index < -0.39 is 0 Å². The van der Waals surface area contributed by atoms with Gasteiger partial charge >= 0.3 is 0 Å². The van der Waals surface area contributed by atoms with Crippen LogP contribution in [0, 0.1) is 0 Å². The van der Waals surface area contributed by atoms with Gasteiger partial charge in [0, 0.05) is 11.1 Å². The molecule has 3 heteroatoms. The zero-order valence-corrected chi connectivity index (χ0v) is 15.8. The van der Waals surface area contributed by atoms with Crippen LogP contribution in [0.2, 0.25) is 5.02 Å². The number of rotatable bonds is 7. The number of aryl methyl sites for hydroxylation is 1. The van der Waals surface area contributed by atoms with Crippen molar-refractivity contribution in [3.63, 3.8) is 0 Å². The van der Waals surface area contributed by atoms with Gasteiger partial charge in [0.25, 0.3) is 0 Å². The Hall–Kier alpha value is -1.51. The Morgan fingerprint density at radius 1 is 1.00 bits per heavy atom. The predicted octanol–water partition coefficient (Wildman–Crippen LogP) is 5.73. The molecule has 3 rings (SSSR count). The molecule has 25 heavy (non-hydrogen) atoms. The Kier molecular flexibility index (Phi) is 6.77. The molecule has 0 aromatic heterocycles. The first-order chi connectivity index (χ1) is 12.2. The SMILES string of the molecule is CC(CCc1ccc(OCc2cccc(Cl)c2)cc1)N1CCCCC1. The van der Waals surface area contributed by atoms with E-state index in [-0.39, 0.29) is 0 Å². The molecule has 0 spiro atoms. The monoisotopic (exact) mass is 357 g/mol. The molecule has 1 saturated heterocycles. The first-order valence-electron chi connectivity index (χ1n) is 9.41. The average Bonchev–Trinajstić information content (AvgIpc) is 2.66. The van der Waals surface area contributed by atoms with Crippen molar-refractivity contribution in [2.24, 2.45) is 0 Å². The standard InChI is InChI=1S/C22H28ClNO/c1-18(24-14-3-2-4-15-24)8-9-19-10-12-22(13-11-19)25-17-20-6-5-7-21(23)16-20/h5-7,10-13,16,18H,2-4,8-9,14-15,17H2,1H3. The van der Waals surface area contributed by atoms with Crippen molar-refractivity contribution < 1.29 is 4.74 Å². The third kappa shape index (κ3) is 5.76. The van der Waals surface area contributed by atoms with Gasteiger partial charge in [-0.3, -0.25) is 0 Å². The van der Waals surface area contributed by atoms with Gasteiger partial charge in [0.1, 0.15) is 12.4 Å². The molecule has 0 radical (unpaired) electrons. The van der Waals surface area contributed by atoms with Gasteiger partial charge in [-0.25, -0.2) is 0 Å². The first-order valence-corrected chi connectivity index (χ1v) is 9.79. The minimum absolute atomic E-state index is 0.548. The fraction of sp³-hybridized carbons (Fsp3) is 0.455. The fourth-order valence-corrected chi connectivity index (χ4v) is 3.68. The summed E-state index contributed by atoms with van der Waals surface area (Å²) in [4.78, 5) is 2.64. The normalized spacial score (nSPS) is 16.6. The zero-order chi connectivity index (χ0) is 17.5. The number of halogens is 1. The molecule has 134 valence electrons. The van der Waals surface area contributed by atoms with Crippen molar-refractivity contribution in [3.05, 3.63) is 64.7 Å². The Labute approximate surface area is 156 Å². The van der Waals surface area contributed by atoms with Gasteiger partial charge in [0.05, 0.1) is 0 Å². The Morgan fingerprint density at radius 3 is 2.48 bits per heavy atom. The molecule has 0 N–H and O–H groups in total. The summed E-state index contributed by atoms with van der Waals surface area (Å²) in [6, 6.07) is 17.0. The predicted molar refractivity (Wildman–Crippen MR) is 105 cm³/mol. The Morgan fingerprint density at radius 2 is 1.76 bits per heavy atom. The molecule has 1 fully saturated rings. The van der Waals surface area contributed by atoms with E-state index in [2.05, 4.69) is 36.1 Å². The maximum absolute atomic E-state index is 6.00. The van der Waals surface area contributed by atoms with Gasteiger partial charge in [0.2, 0.25) is 0 Å². The van der Waals surface area contributed by atoms with Gasteiger partial charge in [-0.05, 0) is 81.1 Å². The average molecular weight is 358 g/mol. The van der Waals surface area contributed by atoms with Crippen molar-refractivity contribution in [3.8, 4) is 5.75 Å². The van der Waals surface area contributed by atoms with E-state index in [0.717, 1.165) is 22.8 Å². The molecule has 1 heterocycles. The second kappa shape index (κ2) is 9.26. The summed E-state index contributed by atoms with van der Waals surface area (Å²) in [5.41, 5.74) is 2.48. The van der Waals surface area contributed by atoms with Crippen LogP contribution in [-0.4, -0.2) is 24.0 Å². The van der Waals surface area contributed by atoms with E-state index in [1.54, 1.807) is 0 Å². The molecule has 0 saturated carbocycles. The van der Waals surface area contributed by atoms with E-state index in [1.165, 1.54) is 44.3 Å². The molecule has 1 unspecified atom stereocenters. The van der Waals surface area contributed by atoms with E-state index in [9.17, 15) is 0 Å². The summed E-state index contributed by atoms with van der Waals surface area (Å²) >= 11 is 6.00.